The van der Waals surface area contributed by atoms with E-state index in [1.54, 1.807) is 29.0 Å². The molecule has 72 heavy (non-hydrogen) atoms. The molecule has 5 aromatic rings. The molecule has 1 aliphatic carbocycles. The van der Waals surface area contributed by atoms with Gasteiger partial charge in [-0.15, -0.1) is 11.3 Å². The van der Waals surface area contributed by atoms with Crippen LogP contribution in [0.3, 0.4) is 0 Å². The number of likely N-dealkylation sites (tertiary alicyclic amines) is 1. The molecular formula is C54H71N11O6S. The number of piperazine rings is 1. The summed E-state index contributed by atoms with van der Waals surface area (Å²) in [5.74, 6) is -0.177. The number of thiazole rings is 1. The molecule has 3 fully saturated rings. The summed E-state index contributed by atoms with van der Waals surface area (Å²) in [4.78, 5) is 92.7. The molecule has 4 N–H and O–H groups in total. The van der Waals surface area contributed by atoms with Crippen LogP contribution >= 0.6 is 11.3 Å². The maximum Gasteiger partial charge on any atom is 0.263 e. The number of fused-ring (bicyclic) bond motifs is 1. The second-order valence-electron chi connectivity index (χ2n) is 20.9. The minimum absolute atomic E-state index is 0.00509. The Morgan fingerprint density at radius 3 is 2.28 bits per heavy atom. The first kappa shape index (κ1) is 52.2. The molecule has 384 valence electrons. The number of nitrogens with zero attached hydrogens (tertiary/aromatic N) is 8. The molecule has 0 radical (unpaired) electrons. The number of hydrogen-bond acceptors (Lipinski definition) is 14. The van der Waals surface area contributed by atoms with Crippen molar-refractivity contribution < 1.29 is 24.3 Å². The molecule has 6 heterocycles. The van der Waals surface area contributed by atoms with Crippen LogP contribution in [-0.4, -0.2) is 120 Å². The lowest BCUT2D eigenvalue weighted by atomic mass is 9.85. The third-order valence-electron chi connectivity index (χ3n) is 14.6. The van der Waals surface area contributed by atoms with Crippen LogP contribution in [0.2, 0.25) is 0 Å². The Bertz CT molecular complexity index is 2780. The fourth-order valence-electron chi connectivity index (χ4n) is 10.5. The number of carbonyl (C=O) groups excluding carboxylic acids is 4. The lowest BCUT2D eigenvalue weighted by Crippen LogP contribution is -2.57. The Balaban J connectivity index is 0.732. The van der Waals surface area contributed by atoms with Gasteiger partial charge in [-0.05, 0) is 87.2 Å². The van der Waals surface area contributed by atoms with E-state index in [4.69, 9.17) is 4.98 Å². The average Bonchev–Trinajstić information content (AvgIpc) is 4.14. The second-order valence-corrected chi connectivity index (χ2v) is 21.8. The van der Waals surface area contributed by atoms with Gasteiger partial charge >= 0.3 is 0 Å². The Hall–Kier alpha value is -6.11. The van der Waals surface area contributed by atoms with Gasteiger partial charge in [-0.3, -0.25) is 33.4 Å². The van der Waals surface area contributed by atoms with Crippen molar-refractivity contribution in [3.05, 3.63) is 87.0 Å². The van der Waals surface area contributed by atoms with E-state index in [1.165, 1.54) is 11.8 Å². The first-order valence-corrected chi connectivity index (χ1v) is 26.6. The number of aromatic nitrogens is 5. The van der Waals surface area contributed by atoms with E-state index >= 15 is 0 Å². The number of amides is 3. The fourth-order valence-corrected chi connectivity index (χ4v) is 11.3. The monoisotopic (exact) mass is 1000 g/mol. The fraction of sp³-hybridized carbons (Fsp3) is 0.537. The van der Waals surface area contributed by atoms with Crippen LogP contribution in [-0.2, 0) is 20.9 Å². The standard InChI is InChI=1S/C54H71N11O6S/c1-34-42-31-57-53(61-49(42)65(39-14-11-12-15-39)51(70)46(34)36(3)66)59-44-22-21-40(30-55-44)63-26-24-62(25-27-63)23-13-9-7-8-10-16-45(68)60-48(54(4,5)6)52(71)64-32-41(67)28-43(64)50(69)56-29-37-17-19-38(20-18-37)47-35(2)58-33-72-47/h17-22,30-31,33,39,41,43,48,67H,7-16,23-29,32H2,1-6H3,(H,56,69)(H,60,68)(H,55,57,59,61)/t41-,43+,48-/m1/s1. The van der Waals surface area contributed by atoms with Crippen LogP contribution in [0.15, 0.2) is 59.1 Å². The van der Waals surface area contributed by atoms with Gasteiger partial charge in [0.2, 0.25) is 23.7 Å². The van der Waals surface area contributed by atoms with Gasteiger partial charge in [0, 0.05) is 69.7 Å². The minimum Gasteiger partial charge on any atom is -0.391 e. The van der Waals surface area contributed by atoms with Crippen molar-refractivity contribution in [1.29, 1.82) is 0 Å². The van der Waals surface area contributed by atoms with Crippen LogP contribution in [0.5, 0.6) is 0 Å². The van der Waals surface area contributed by atoms with Gasteiger partial charge in [0.15, 0.2) is 5.78 Å². The van der Waals surface area contributed by atoms with Gasteiger partial charge in [-0.2, -0.15) is 4.98 Å². The molecule has 1 aromatic carbocycles. The van der Waals surface area contributed by atoms with Crippen molar-refractivity contribution in [2.24, 2.45) is 5.41 Å². The van der Waals surface area contributed by atoms with Gasteiger partial charge < -0.3 is 30.9 Å². The number of carbonyl (C=O) groups is 4. The van der Waals surface area contributed by atoms with E-state index in [0.29, 0.717) is 34.8 Å². The number of Topliss-reactive ketones (excluding diaryl/α,β-unsaturated/α-hetero) is 1. The predicted octanol–water partition coefficient (Wildman–Crippen LogP) is 7.26. The van der Waals surface area contributed by atoms with Crippen molar-refractivity contribution in [2.45, 2.75) is 143 Å². The van der Waals surface area contributed by atoms with Gasteiger partial charge in [-0.1, -0.05) is 77.1 Å². The molecule has 3 aliphatic rings. The highest BCUT2D eigenvalue weighted by Gasteiger charge is 2.44. The van der Waals surface area contributed by atoms with E-state index in [2.05, 4.69) is 46.8 Å². The van der Waals surface area contributed by atoms with Crippen LogP contribution in [0.1, 0.15) is 132 Å². The van der Waals surface area contributed by atoms with Crippen LogP contribution in [0.4, 0.5) is 17.5 Å². The number of aliphatic hydroxyl groups excluding tert-OH is 1. The number of hydrogen-bond donors (Lipinski definition) is 4. The normalized spacial score (nSPS) is 18.2. The van der Waals surface area contributed by atoms with Crippen molar-refractivity contribution >= 4 is 63.3 Å². The average molecular weight is 1000 g/mol. The number of aliphatic hydroxyl groups is 1. The third-order valence-corrected chi connectivity index (χ3v) is 15.5. The molecule has 18 heteroatoms. The first-order chi connectivity index (χ1) is 34.5. The quantitative estimate of drug-likeness (QED) is 0.0475. The summed E-state index contributed by atoms with van der Waals surface area (Å²) < 4.78 is 1.72. The summed E-state index contributed by atoms with van der Waals surface area (Å²) in [5.41, 5.74) is 6.30. The van der Waals surface area contributed by atoms with E-state index in [-0.39, 0.29) is 60.2 Å². The number of ketones is 1. The lowest BCUT2D eigenvalue weighted by Gasteiger charge is -2.36. The zero-order valence-electron chi connectivity index (χ0n) is 42.7. The summed E-state index contributed by atoms with van der Waals surface area (Å²) in [5, 5.41) is 20.5. The summed E-state index contributed by atoms with van der Waals surface area (Å²) in [6, 6.07) is 10.2. The predicted molar refractivity (Wildman–Crippen MR) is 282 cm³/mol. The topological polar surface area (TPSA) is 208 Å². The molecule has 1 saturated carbocycles. The van der Waals surface area contributed by atoms with E-state index in [1.807, 2.05) is 69.7 Å². The molecule has 17 nitrogen and oxygen atoms in total. The number of anilines is 3. The summed E-state index contributed by atoms with van der Waals surface area (Å²) in [6.07, 6.45) is 11.8. The molecule has 0 spiro atoms. The number of benzene rings is 1. The molecule has 2 saturated heterocycles. The highest BCUT2D eigenvalue weighted by Crippen LogP contribution is 2.33. The van der Waals surface area contributed by atoms with Crippen molar-refractivity contribution in [3.63, 3.8) is 0 Å². The lowest BCUT2D eigenvalue weighted by molar-refractivity contribution is -0.144. The summed E-state index contributed by atoms with van der Waals surface area (Å²) in [6.45, 7) is 15.9. The number of nitrogens with one attached hydrogen (secondary N) is 3. The molecular weight excluding hydrogens is 931 g/mol. The number of β-amino-alcohol motifs (C(OH)–C–C–N with tert-alkyl or cyclic N) is 1. The maximum atomic E-state index is 14.1. The summed E-state index contributed by atoms with van der Waals surface area (Å²) >= 11 is 1.59. The van der Waals surface area contributed by atoms with Crippen LogP contribution < -0.4 is 26.4 Å². The Kier molecular flexibility index (Phi) is 16.8. The Morgan fingerprint density at radius 1 is 0.889 bits per heavy atom. The largest absolute Gasteiger partial charge is 0.391 e. The van der Waals surface area contributed by atoms with Crippen molar-refractivity contribution in [3.8, 4) is 10.4 Å². The molecule has 0 bridgehead atoms. The zero-order chi connectivity index (χ0) is 51.1. The Morgan fingerprint density at radius 2 is 1.61 bits per heavy atom. The Labute approximate surface area is 426 Å². The van der Waals surface area contributed by atoms with Crippen LogP contribution in [0.25, 0.3) is 21.5 Å². The molecule has 3 atom stereocenters. The zero-order valence-corrected chi connectivity index (χ0v) is 43.5. The molecule has 8 rings (SSSR count). The summed E-state index contributed by atoms with van der Waals surface area (Å²) in [7, 11) is 0. The minimum atomic E-state index is -0.850. The third kappa shape index (κ3) is 12.4. The highest BCUT2D eigenvalue weighted by molar-refractivity contribution is 7.13. The van der Waals surface area contributed by atoms with E-state index in [9.17, 15) is 29.1 Å². The van der Waals surface area contributed by atoms with Gasteiger partial charge in [-0.25, -0.2) is 15.0 Å². The molecule has 0 unspecified atom stereocenters. The van der Waals surface area contributed by atoms with Gasteiger partial charge in [0.25, 0.3) is 5.56 Å². The number of aryl methyl sites for hydroxylation is 2. The van der Waals surface area contributed by atoms with Crippen LogP contribution in [0, 0.1) is 19.3 Å². The first-order valence-electron chi connectivity index (χ1n) is 25.7. The smallest absolute Gasteiger partial charge is 0.263 e. The maximum absolute atomic E-state index is 14.1. The highest BCUT2D eigenvalue weighted by atomic mass is 32.1. The molecule has 4 aromatic heterocycles. The van der Waals surface area contributed by atoms with Crippen molar-refractivity contribution in [1.82, 2.24) is 44.9 Å². The SMILES string of the molecule is CC(=O)c1c(C)c2cnc(Nc3ccc(N4CCN(CCCCCCCC(=O)N[C@H](C(=O)N5C[C@H](O)C[C@H]5C(=O)NCc5ccc(-c6scnc6C)cc5)C(C)(C)C)CC4)cn3)nc2n(C2CCCC2)c1=O. The second kappa shape index (κ2) is 23.2. The van der Waals surface area contributed by atoms with Crippen molar-refractivity contribution in [2.75, 3.05) is 49.5 Å². The molecule has 2 aliphatic heterocycles. The number of unbranched alkanes of at least 4 members (excludes halogenated alkanes) is 4. The van der Waals surface area contributed by atoms with Gasteiger partial charge in [0.1, 0.15) is 23.5 Å². The van der Waals surface area contributed by atoms with E-state index < -0.39 is 23.6 Å². The number of pyridine rings is 2. The van der Waals surface area contributed by atoms with E-state index in [0.717, 1.165) is 118 Å². The number of rotatable bonds is 19. The van der Waals surface area contributed by atoms with Gasteiger partial charge in [0.05, 0.1) is 39.6 Å². The molecule has 3 amide bonds.